The van der Waals surface area contributed by atoms with Crippen LogP contribution in [-0.2, 0) is 25.7 Å². The van der Waals surface area contributed by atoms with Gasteiger partial charge in [-0.15, -0.1) is 0 Å². The van der Waals surface area contributed by atoms with Crippen molar-refractivity contribution in [3.05, 3.63) is 71.3 Å². The van der Waals surface area contributed by atoms with Crippen LogP contribution in [0.3, 0.4) is 0 Å². The van der Waals surface area contributed by atoms with E-state index < -0.39 is 42.0 Å². The van der Waals surface area contributed by atoms with Gasteiger partial charge in [0, 0.05) is 13.1 Å². The van der Waals surface area contributed by atoms with Crippen molar-refractivity contribution in [3.8, 4) is 0 Å². The zero-order chi connectivity index (χ0) is 31.1. The molecule has 230 valence electrons. The minimum atomic E-state index is -1.30. The molecule has 0 aliphatic heterocycles. The topological polar surface area (TPSA) is 131 Å². The van der Waals surface area contributed by atoms with Gasteiger partial charge in [0.05, 0.1) is 6.42 Å². The van der Waals surface area contributed by atoms with E-state index in [4.69, 9.17) is 10.5 Å². The maximum atomic E-state index is 14.2. The van der Waals surface area contributed by atoms with Crippen molar-refractivity contribution in [3.63, 3.8) is 0 Å². The second-order valence-electron chi connectivity index (χ2n) is 11.7. The van der Waals surface area contributed by atoms with Crippen LogP contribution in [-0.4, -0.2) is 46.9 Å². The number of rotatable bonds is 16. The summed E-state index contributed by atoms with van der Waals surface area (Å²) in [7, 11) is 0. The Morgan fingerprint density at radius 1 is 0.905 bits per heavy atom. The number of nitrogens with one attached hydrogen (secondary N) is 2. The highest BCUT2D eigenvalue weighted by Crippen LogP contribution is 2.25. The molecule has 0 radical (unpaired) electrons. The van der Waals surface area contributed by atoms with Crippen LogP contribution in [0.1, 0.15) is 95.4 Å². The standard InChI is InChI=1S/C33H48N4O5/c1-6-7-8-9-10-14-21-37(31(40)27(22-28(34)38)36-32(41)42-33(3,4)5)29(26-19-17-24(2)18-20-26)30(39)35-23-25-15-12-11-13-16-25/h11-13,15-20,27,29H,6-10,14,21-23H2,1-5H3,(H2,34,38)(H,35,39)(H,36,41). The van der Waals surface area contributed by atoms with Crippen molar-refractivity contribution in [1.29, 1.82) is 0 Å². The highest BCUT2D eigenvalue weighted by molar-refractivity contribution is 5.94. The second-order valence-corrected chi connectivity index (χ2v) is 11.7. The Morgan fingerprint density at radius 3 is 2.12 bits per heavy atom. The van der Waals surface area contributed by atoms with Crippen LogP contribution in [0, 0.1) is 6.92 Å². The van der Waals surface area contributed by atoms with E-state index in [2.05, 4.69) is 17.6 Å². The van der Waals surface area contributed by atoms with Crippen molar-refractivity contribution in [2.75, 3.05) is 6.54 Å². The largest absolute Gasteiger partial charge is 0.444 e. The van der Waals surface area contributed by atoms with E-state index in [-0.39, 0.29) is 19.0 Å². The average Bonchev–Trinajstić information content (AvgIpc) is 2.92. The van der Waals surface area contributed by atoms with Gasteiger partial charge >= 0.3 is 6.09 Å². The fourth-order valence-electron chi connectivity index (χ4n) is 4.58. The third-order valence-electron chi connectivity index (χ3n) is 6.69. The lowest BCUT2D eigenvalue weighted by atomic mass is 10.00. The van der Waals surface area contributed by atoms with Gasteiger partial charge in [0.2, 0.25) is 17.7 Å². The van der Waals surface area contributed by atoms with Crippen molar-refractivity contribution in [2.24, 2.45) is 5.73 Å². The van der Waals surface area contributed by atoms with Crippen LogP contribution < -0.4 is 16.4 Å². The molecule has 0 fully saturated rings. The van der Waals surface area contributed by atoms with E-state index in [0.717, 1.165) is 43.2 Å². The van der Waals surface area contributed by atoms with Gasteiger partial charge in [0.1, 0.15) is 17.7 Å². The van der Waals surface area contributed by atoms with Crippen molar-refractivity contribution >= 4 is 23.8 Å². The third-order valence-corrected chi connectivity index (χ3v) is 6.69. The van der Waals surface area contributed by atoms with Gasteiger partial charge in [-0.1, -0.05) is 99.2 Å². The lowest BCUT2D eigenvalue weighted by Gasteiger charge is -2.34. The Bertz CT molecular complexity index is 1150. The minimum Gasteiger partial charge on any atom is -0.444 e. The molecule has 0 saturated heterocycles. The summed E-state index contributed by atoms with van der Waals surface area (Å²) in [5.74, 6) is -1.70. The quantitative estimate of drug-likeness (QED) is 0.232. The summed E-state index contributed by atoms with van der Waals surface area (Å²) in [4.78, 5) is 54.2. The van der Waals surface area contributed by atoms with E-state index in [9.17, 15) is 19.2 Å². The molecule has 2 atom stereocenters. The van der Waals surface area contributed by atoms with Crippen molar-refractivity contribution < 1.29 is 23.9 Å². The van der Waals surface area contributed by atoms with Gasteiger partial charge in [0.25, 0.3) is 0 Å². The lowest BCUT2D eigenvalue weighted by molar-refractivity contribution is -0.143. The molecule has 0 spiro atoms. The van der Waals surface area contributed by atoms with Gasteiger partial charge in [-0.05, 0) is 45.2 Å². The SMILES string of the molecule is CCCCCCCCN(C(=O)C(CC(N)=O)NC(=O)OC(C)(C)C)C(C(=O)NCc1ccccc1)c1ccc(C)cc1. The molecule has 0 aliphatic rings. The molecule has 0 aromatic heterocycles. The molecule has 2 rings (SSSR count). The zero-order valence-corrected chi connectivity index (χ0v) is 25.8. The summed E-state index contributed by atoms with van der Waals surface area (Å²) in [6.45, 7) is 9.74. The van der Waals surface area contributed by atoms with Crippen LogP contribution in [0.2, 0.25) is 0 Å². The highest BCUT2D eigenvalue weighted by Gasteiger charge is 2.36. The molecule has 4 N–H and O–H groups in total. The van der Waals surface area contributed by atoms with E-state index in [1.165, 1.54) is 4.90 Å². The third kappa shape index (κ3) is 12.3. The average molecular weight is 581 g/mol. The molecule has 0 bridgehead atoms. The van der Waals surface area contributed by atoms with E-state index in [0.29, 0.717) is 12.0 Å². The van der Waals surface area contributed by atoms with Gasteiger partial charge in [0.15, 0.2) is 0 Å². The number of nitrogens with two attached hydrogens (primary N) is 1. The number of alkyl carbamates (subject to hydrolysis) is 1. The van der Waals surface area contributed by atoms with Crippen LogP contribution in [0.15, 0.2) is 54.6 Å². The summed E-state index contributed by atoms with van der Waals surface area (Å²) in [6.07, 6.45) is 4.60. The molecule has 0 heterocycles. The fraction of sp³-hybridized carbons (Fsp3) is 0.515. The summed E-state index contributed by atoms with van der Waals surface area (Å²) in [6, 6.07) is 14.6. The van der Waals surface area contributed by atoms with E-state index >= 15 is 0 Å². The van der Waals surface area contributed by atoms with Gasteiger partial charge in [-0.3, -0.25) is 14.4 Å². The Hall–Kier alpha value is -3.88. The first-order valence-corrected chi connectivity index (χ1v) is 14.9. The lowest BCUT2D eigenvalue weighted by Crippen LogP contribution is -2.54. The molecule has 0 aliphatic carbocycles. The number of unbranched alkanes of at least 4 members (excludes halogenated alkanes) is 5. The predicted octanol–water partition coefficient (Wildman–Crippen LogP) is 5.31. The van der Waals surface area contributed by atoms with Crippen LogP contribution >= 0.6 is 0 Å². The summed E-state index contributed by atoms with van der Waals surface area (Å²) < 4.78 is 5.36. The number of hydrogen-bond acceptors (Lipinski definition) is 5. The number of nitrogens with zero attached hydrogens (tertiary/aromatic N) is 1. The fourth-order valence-corrected chi connectivity index (χ4v) is 4.58. The zero-order valence-electron chi connectivity index (χ0n) is 25.8. The molecule has 9 nitrogen and oxygen atoms in total. The number of carbonyl (C=O) groups excluding carboxylic acids is 4. The predicted molar refractivity (Wildman–Crippen MR) is 164 cm³/mol. The number of amides is 4. The second kappa shape index (κ2) is 17.2. The minimum absolute atomic E-state index is 0.257. The van der Waals surface area contributed by atoms with Crippen LogP contribution in [0.25, 0.3) is 0 Å². The maximum absolute atomic E-state index is 14.2. The number of ether oxygens (including phenoxy) is 1. The smallest absolute Gasteiger partial charge is 0.408 e. The molecule has 4 amide bonds. The Balaban J connectivity index is 2.44. The molecule has 2 aromatic carbocycles. The summed E-state index contributed by atoms with van der Waals surface area (Å²) >= 11 is 0. The Morgan fingerprint density at radius 2 is 1.52 bits per heavy atom. The number of aryl methyl sites for hydroxylation is 1. The molecular formula is C33H48N4O5. The normalized spacial score (nSPS) is 12.6. The Labute approximate surface area is 250 Å². The van der Waals surface area contributed by atoms with E-state index in [1.54, 1.807) is 20.8 Å². The molecule has 0 saturated carbocycles. The maximum Gasteiger partial charge on any atom is 0.408 e. The molecule has 9 heteroatoms. The monoisotopic (exact) mass is 580 g/mol. The molecular weight excluding hydrogens is 532 g/mol. The van der Waals surface area contributed by atoms with Gasteiger partial charge < -0.3 is 26.0 Å². The first kappa shape index (κ1) is 34.3. The molecule has 2 aromatic rings. The van der Waals surface area contributed by atoms with Crippen molar-refractivity contribution in [2.45, 2.75) is 104 Å². The Kier molecular flexibility index (Phi) is 14.0. The summed E-state index contributed by atoms with van der Waals surface area (Å²) in [5, 5.41) is 5.51. The number of hydrogen-bond donors (Lipinski definition) is 3. The first-order valence-electron chi connectivity index (χ1n) is 14.9. The van der Waals surface area contributed by atoms with Gasteiger partial charge in [-0.25, -0.2) is 4.79 Å². The summed E-state index contributed by atoms with van der Waals surface area (Å²) in [5.41, 5.74) is 7.23. The van der Waals surface area contributed by atoms with Gasteiger partial charge in [-0.2, -0.15) is 0 Å². The highest BCUT2D eigenvalue weighted by atomic mass is 16.6. The molecule has 2 unspecified atom stereocenters. The number of carbonyl (C=O) groups is 4. The molecule has 42 heavy (non-hydrogen) atoms. The first-order chi connectivity index (χ1) is 19.9. The number of benzene rings is 2. The van der Waals surface area contributed by atoms with Crippen LogP contribution in [0.4, 0.5) is 4.79 Å². The van der Waals surface area contributed by atoms with Crippen molar-refractivity contribution in [1.82, 2.24) is 15.5 Å². The van der Waals surface area contributed by atoms with Crippen LogP contribution in [0.5, 0.6) is 0 Å². The van der Waals surface area contributed by atoms with E-state index in [1.807, 2.05) is 61.5 Å². The number of primary amides is 1.